The van der Waals surface area contributed by atoms with E-state index < -0.39 is 9.84 Å². The van der Waals surface area contributed by atoms with Crippen molar-refractivity contribution >= 4 is 28.2 Å². The number of hydrogen-bond donors (Lipinski definition) is 2. The number of halogens is 1. The number of hydrogen-bond acceptors (Lipinski definition) is 4. The minimum absolute atomic E-state index is 0. The van der Waals surface area contributed by atoms with Crippen molar-refractivity contribution in [2.75, 3.05) is 12.3 Å². The minimum Gasteiger partial charge on any atom is -0.355 e. The number of amides is 1. The van der Waals surface area contributed by atoms with Crippen molar-refractivity contribution < 1.29 is 13.2 Å². The van der Waals surface area contributed by atoms with Gasteiger partial charge >= 0.3 is 0 Å². The van der Waals surface area contributed by atoms with Crippen LogP contribution in [0.25, 0.3) is 0 Å². The van der Waals surface area contributed by atoms with Gasteiger partial charge in [-0.25, -0.2) is 8.42 Å². The first-order valence-electron chi connectivity index (χ1n) is 9.22. The minimum atomic E-state index is -3.22. The van der Waals surface area contributed by atoms with Gasteiger partial charge in [0, 0.05) is 18.5 Å². The van der Waals surface area contributed by atoms with E-state index in [1.165, 1.54) is 6.42 Å². The summed E-state index contributed by atoms with van der Waals surface area (Å²) in [6.07, 6.45) is 5.15. The molecule has 0 spiro atoms. The predicted molar refractivity (Wildman–Crippen MR) is 106 cm³/mol. The maximum absolute atomic E-state index is 12.4. The molecule has 0 heterocycles. The van der Waals surface area contributed by atoms with Crippen LogP contribution in [0, 0.1) is 17.8 Å². The third-order valence-corrected chi connectivity index (χ3v) is 7.32. The molecule has 2 saturated carbocycles. The van der Waals surface area contributed by atoms with Gasteiger partial charge in [-0.05, 0) is 43.1 Å². The normalized spacial score (nSPS) is 28.0. The second-order valence-corrected chi connectivity index (χ2v) is 9.75. The lowest BCUT2D eigenvalue weighted by molar-refractivity contribution is -0.127. The summed E-state index contributed by atoms with van der Waals surface area (Å²) >= 11 is 0. The van der Waals surface area contributed by atoms with Gasteiger partial charge < -0.3 is 11.1 Å². The van der Waals surface area contributed by atoms with Crippen LogP contribution < -0.4 is 11.1 Å². The van der Waals surface area contributed by atoms with Crippen molar-refractivity contribution in [3.8, 4) is 0 Å². The van der Waals surface area contributed by atoms with E-state index in [2.05, 4.69) is 5.32 Å². The third-order valence-electron chi connectivity index (χ3n) is 5.73. The summed E-state index contributed by atoms with van der Waals surface area (Å²) in [5.41, 5.74) is 7.05. The first-order valence-corrected chi connectivity index (χ1v) is 11.0. The Hall–Kier alpha value is -1.11. The van der Waals surface area contributed by atoms with E-state index in [9.17, 15) is 13.2 Å². The van der Waals surface area contributed by atoms with Gasteiger partial charge in [0.1, 0.15) is 0 Å². The van der Waals surface area contributed by atoms with E-state index in [1.807, 2.05) is 18.2 Å². The predicted octanol–water partition coefficient (Wildman–Crippen LogP) is 2.29. The lowest BCUT2D eigenvalue weighted by atomic mass is 9.65. The third kappa shape index (κ3) is 5.44. The Balaban J connectivity index is 0.00000243. The number of nitrogens with two attached hydrogens (primary N) is 1. The molecule has 7 heteroatoms. The summed E-state index contributed by atoms with van der Waals surface area (Å²) in [7, 11) is -3.22. The van der Waals surface area contributed by atoms with Crippen molar-refractivity contribution in [3.63, 3.8) is 0 Å². The van der Waals surface area contributed by atoms with Gasteiger partial charge in [-0.2, -0.15) is 0 Å². The average Bonchev–Trinajstić information content (AvgIpc) is 2.54. The van der Waals surface area contributed by atoms with Crippen LogP contribution >= 0.6 is 12.4 Å². The molecule has 0 radical (unpaired) electrons. The van der Waals surface area contributed by atoms with Crippen molar-refractivity contribution in [2.45, 2.75) is 43.9 Å². The molecule has 2 atom stereocenters. The Morgan fingerprint density at radius 3 is 2.35 bits per heavy atom. The second-order valence-electron chi connectivity index (χ2n) is 7.57. The zero-order valence-corrected chi connectivity index (χ0v) is 16.6. The SMILES string of the molecule is Cl.NC1C2CCCC1CC(C(=O)NCCS(=O)(=O)Cc1ccccc1)C2. The van der Waals surface area contributed by atoms with Gasteiger partial charge in [0.05, 0.1) is 11.5 Å². The molecule has 3 N–H and O–H groups in total. The molecule has 1 aromatic rings. The topological polar surface area (TPSA) is 89.3 Å². The highest BCUT2D eigenvalue weighted by Crippen LogP contribution is 2.41. The molecule has 0 aromatic heterocycles. The Morgan fingerprint density at radius 2 is 1.73 bits per heavy atom. The lowest BCUT2D eigenvalue weighted by Crippen LogP contribution is -2.49. The van der Waals surface area contributed by atoms with Crippen LogP contribution in [0.15, 0.2) is 30.3 Å². The largest absolute Gasteiger partial charge is 0.355 e. The molecule has 2 aliphatic rings. The molecule has 26 heavy (non-hydrogen) atoms. The van der Waals surface area contributed by atoms with E-state index >= 15 is 0 Å². The van der Waals surface area contributed by atoms with E-state index in [4.69, 9.17) is 5.73 Å². The highest BCUT2D eigenvalue weighted by atomic mass is 35.5. The number of benzene rings is 1. The first-order chi connectivity index (χ1) is 11.9. The van der Waals surface area contributed by atoms with E-state index in [-0.39, 0.29) is 48.3 Å². The average molecular weight is 401 g/mol. The van der Waals surface area contributed by atoms with Crippen LogP contribution in [0.4, 0.5) is 0 Å². The Morgan fingerprint density at radius 1 is 1.12 bits per heavy atom. The van der Waals surface area contributed by atoms with Gasteiger partial charge in [-0.15, -0.1) is 12.4 Å². The van der Waals surface area contributed by atoms with E-state index in [0.717, 1.165) is 31.2 Å². The Labute approximate surface area is 162 Å². The highest BCUT2D eigenvalue weighted by Gasteiger charge is 2.40. The summed E-state index contributed by atoms with van der Waals surface area (Å²) in [6.45, 7) is 0.186. The molecule has 146 valence electrons. The van der Waals surface area contributed by atoms with Gasteiger partial charge in [0.2, 0.25) is 5.91 Å². The van der Waals surface area contributed by atoms with E-state index in [1.54, 1.807) is 12.1 Å². The number of fused-ring (bicyclic) bond motifs is 2. The van der Waals surface area contributed by atoms with Crippen molar-refractivity contribution in [1.82, 2.24) is 5.32 Å². The van der Waals surface area contributed by atoms with Crippen molar-refractivity contribution in [3.05, 3.63) is 35.9 Å². The summed E-state index contributed by atoms with van der Waals surface area (Å²) in [5.74, 6) is 0.888. The first kappa shape index (κ1) is 21.2. The maximum atomic E-state index is 12.4. The summed E-state index contributed by atoms with van der Waals surface area (Å²) in [5, 5.41) is 2.84. The molecule has 2 bridgehead atoms. The van der Waals surface area contributed by atoms with Gasteiger partial charge in [0.15, 0.2) is 9.84 Å². The number of rotatable bonds is 6. The number of carbonyl (C=O) groups excluding carboxylic acids is 1. The molecule has 1 aromatic carbocycles. The summed E-state index contributed by atoms with van der Waals surface area (Å²) in [6, 6.07) is 9.38. The van der Waals surface area contributed by atoms with Crippen LogP contribution in [0.1, 0.15) is 37.7 Å². The monoisotopic (exact) mass is 400 g/mol. The van der Waals surface area contributed by atoms with Crippen molar-refractivity contribution in [2.24, 2.45) is 23.5 Å². The molecule has 1 amide bonds. The molecular weight excluding hydrogens is 372 g/mol. The number of sulfone groups is 1. The van der Waals surface area contributed by atoms with Crippen LogP contribution in [0.5, 0.6) is 0 Å². The fraction of sp³-hybridized carbons (Fsp3) is 0.632. The van der Waals surface area contributed by atoms with Crippen LogP contribution in [0.2, 0.25) is 0 Å². The summed E-state index contributed by atoms with van der Waals surface area (Å²) in [4.78, 5) is 12.4. The zero-order valence-electron chi connectivity index (χ0n) is 15.0. The van der Waals surface area contributed by atoms with Crippen molar-refractivity contribution in [1.29, 1.82) is 0 Å². The van der Waals surface area contributed by atoms with E-state index in [0.29, 0.717) is 11.8 Å². The second kappa shape index (κ2) is 9.20. The van der Waals surface area contributed by atoms with Gasteiger partial charge in [0.25, 0.3) is 0 Å². The quantitative estimate of drug-likeness (QED) is 0.766. The Bertz CT molecular complexity index is 682. The molecule has 2 unspecified atom stereocenters. The smallest absolute Gasteiger partial charge is 0.223 e. The standard InChI is InChI=1S/C19H28N2O3S.ClH/c20-18-15-7-4-8-16(18)12-17(11-15)19(22)21-9-10-25(23,24)13-14-5-2-1-3-6-14;/h1-3,5-6,15-18H,4,7-13,20H2,(H,21,22);1H. The molecule has 2 aliphatic carbocycles. The molecule has 2 fully saturated rings. The molecule has 3 rings (SSSR count). The molecule has 0 aliphatic heterocycles. The number of nitrogens with one attached hydrogen (secondary N) is 1. The van der Waals surface area contributed by atoms with Gasteiger partial charge in [-0.3, -0.25) is 4.79 Å². The highest BCUT2D eigenvalue weighted by molar-refractivity contribution is 7.90. The Kier molecular flexibility index (Phi) is 7.50. The summed E-state index contributed by atoms with van der Waals surface area (Å²) < 4.78 is 24.4. The fourth-order valence-corrected chi connectivity index (χ4v) is 5.64. The van der Waals surface area contributed by atoms with Crippen LogP contribution in [-0.2, 0) is 20.4 Å². The molecule has 5 nitrogen and oxygen atoms in total. The lowest BCUT2D eigenvalue weighted by Gasteiger charge is -2.43. The fourth-order valence-electron chi connectivity index (χ4n) is 4.38. The van der Waals surface area contributed by atoms with Gasteiger partial charge in [-0.1, -0.05) is 36.8 Å². The molecular formula is C19H29ClN2O3S. The maximum Gasteiger partial charge on any atom is 0.223 e. The van der Waals surface area contributed by atoms with Crippen LogP contribution in [0.3, 0.4) is 0 Å². The number of carbonyl (C=O) groups is 1. The molecule has 0 saturated heterocycles. The zero-order chi connectivity index (χ0) is 17.9. The van der Waals surface area contributed by atoms with Crippen LogP contribution in [-0.4, -0.2) is 32.7 Å².